The number of nitrogens with zero attached hydrogens (tertiary/aromatic N) is 1. The third-order valence-corrected chi connectivity index (χ3v) is 3.88. The van der Waals surface area contributed by atoms with E-state index in [1.165, 1.54) is 7.11 Å². The minimum atomic E-state index is -0.602. The lowest BCUT2D eigenvalue weighted by atomic mass is 10.1. The molecule has 0 spiro atoms. The maximum atomic E-state index is 12.5. The number of amides is 2. The zero-order valence-electron chi connectivity index (χ0n) is 14.8. The maximum Gasteiger partial charge on any atom is 0.255 e. The molecular weight excluding hydrogens is 346 g/mol. The Hall–Kier alpha value is -3.61. The highest BCUT2D eigenvalue weighted by Gasteiger charge is 2.11. The Morgan fingerprint density at radius 2 is 1.93 bits per heavy atom. The molecule has 0 bridgehead atoms. The Labute approximate surface area is 156 Å². The van der Waals surface area contributed by atoms with Gasteiger partial charge >= 0.3 is 0 Å². The van der Waals surface area contributed by atoms with Crippen LogP contribution in [0.4, 0.5) is 5.69 Å². The molecule has 0 radical (unpaired) electrons. The van der Waals surface area contributed by atoms with Gasteiger partial charge in [0.05, 0.1) is 19.0 Å². The molecule has 0 aliphatic rings. The summed E-state index contributed by atoms with van der Waals surface area (Å²) < 4.78 is 10.5. The van der Waals surface area contributed by atoms with Crippen LogP contribution in [0.2, 0.25) is 0 Å². The number of carbonyl (C=O) groups is 2. The van der Waals surface area contributed by atoms with Gasteiger partial charge in [-0.25, -0.2) is 0 Å². The van der Waals surface area contributed by atoms with E-state index in [0.717, 1.165) is 16.5 Å². The predicted molar refractivity (Wildman–Crippen MR) is 102 cm³/mol. The summed E-state index contributed by atoms with van der Waals surface area (Å²) in [6.45, 7) is -0.282. The zero-order chi connectivity index (χ0) is 19.2. The number of benzene rings is 2. The van der Waals surface area contributed by atoms with Crippen LogP contribution in [0.1, 0.15) is 5.56 Å². The first-order chi connectivity index (χ1) is 13.1. The van der Waals surface area contributed by atoms with Gasteiger partial charge in [0, 0.05) is 23.3 Å². The van der Waals surface area contributed by atoms with E-state index in [2.05, 4.69) is 10.3 Å². The predicted octanol–water partition coefficient (Wildman–Crippen LogP) is 2.29. The summed E-state index contributed by atoms with van der Waals surface area (Å²) in [5.41, 5.74) is 7.26. The van der Waals surface area contributed by atoms with Crippen molar-refractivity contribution >= 4 is 28.4 Å². The van der Waals surface area contributed by atoms with E-state index in [4.69, 9.17) is 15.2 Å². The Morgan fingerprint density at radius 1 is 1.11 bits per heavy atom. The van der Waals surface area contributed by atoms with Gasteiger partial charge < -0.3 is 20.5 Å². The molecule has 1 heterocycles. The quantitative estimate of drug-likeness (QED) is 0.669. The second-order valence-electron chi connectivity index (χ2n) is 5.84. The average molecular weight is 365 g/mol. The van der Waals surface area contributed by atoms with Crippen molar-refractivity contribution in [2.24, 2.45) is 5.73 Å². The molecule has 3 N–H and O–H groups in total. The Balaban J connectivity index is 1.75. The van der Waals surface area contributed by atoms with Gasteiger partial charge in [0.25, 0.3) is 5.91 Å². The fraction of sp³-hybridized carbons (Fsp3) is 0.150. The lowest BCUT2D eigenvalue weighted by Crippen LogP contribution is -2.20. The topological polar surface area (TPSA) is 104 Å². The van der Waals surface area contributed by atoms with Crippen LogP contribution in [-0.2, 0) is 16.0 Å². The largest absolute Gasteiger partial charge is 0.493 e. The number of primary amides is 1. The first-order valence-corrected chi connectivity index (χ1v) is 8.28. The first kappa shape index (κ1) is 18.2. The van der Waals surface area contributed by atoms with Crippen LogP contribution in [0, 0.1) is 0 Å². The van der Waals surface area contributed by atoms with Crippen LogP contribution in [0.3, 0.4) is 0 Å². The van der Waals surface area contributed by atoms with Gasteiger partial charge in [0.2, 0.25) is 5.91 Å². The summed E-state index contributed by atoms with van der Waals surface area (Å²) >= 11 is 0. The molecule has 0 aliphatic carbocycles. The Kier molecular flexibility index (Phi) is 5.51. The number of nitrogens with one attached hydrogen (secondary N) is 1. The third-order valence-electron chi connectivity index (χ3n) is 3.88. The molecule has 138 valence electrons. The number of rotatable bonds is 7. The van der Waals surface area contributed by atoms with Gasteiger partial charge in [0.15, 0.2) is 18.1 Å². The summed E-state index contributed by atoms with van der Waals surface area (Å²) in [6.07, 6.45) is 1.88. The summed E-state index contributed by atoms with van der Waals surface area (Å²) in [4.78, 5) is 27.8. The number of ether oxygens (including phenoxy) is 2. The van der Waals surface area contributed by atoms with E-state index < -0.39 is 5.91 Å². The van der Waals surface area contributed by atoms with E-state index in [-0.39, 0.29) is 18.9 Å². The number of aromatic nitrogens is 1. The molecule has 3 aromatic rings. The summed E-state index contributed by atoms with van der Waals surface area (Å²) in [7, 11) is 1.48. The molecule has 0 fully saturated rings. The minimum Gasteiger partial charge on any atom is -0.493 e. The monoisotopic (exact) mass is 365 g/mol. The number of pyridine rings is 1. The maximum absolute atomic E-state index is 12.5. The number of fused-ring (bicyclic) bond motifs is 1. The van der Waals surface area contributed by atoms with Gasteiger partial charge in [-0.15, -0.1) is 0 Å². The number of carbonyl (C=O) groups excluding carboxylic acids is 2. The van der Waals surface area contributed by atoms with Crippen molar-refractivity contribution in [3.63, 3.8) is 0 Å². The van der Waals surface area contributed by atoms with Gasteiger partial charge in [0.1, 0.15) is 0 Å². The van der Waals surface area contributed by atoms with Crippen molar-refractivity contribution in [1.29, 1.82) is 0 Å². The van der Waals surface area contributed by atoms with E-state index in [0.29, 0.717) is 17.2 Å². The summed E-state index contributed by atoms with van der Waals surface area (Å²) in [5, 5.41) is 3.80. The third kappa shape index (κ3) is 4.52. The Morgan fingerprint density at radius 3 is 2.70 bits per heavy atom. The zero-order valence-corrected chi connectivity index (χ0v) is 14.8. The normalized spacial score (nSPS) is 10.4. The Bertz CT molecular complexity index is 983. The molecule has 2 aromatic carbocycles. The molecular formula is C20H19N3O4. The molecule has 0 unspecified atom stereocenters. The van der Waals surface area contributed by atoms with Crippen LogP contribution in [0.15, 0.2) is 54.7 Å². The SMILES string of the molecule is COc1ccc(NC(=O)Cc2cccc3cccnc23)cc1OCC(N)=O. The van der Waals surface area contributed by atoms with Gasteiger partial charge in [-0.05, 0) is 23.8 Å². The second kappa shape index (κ2) is 8.18. The van der Waals surface area contributed by atoms with Crippen molar-refractivity contribution in [2.75, 3.05) is 19.0 Å². The number of anilines is 1. The van der Waals surface area contributed by atoms with Crippen molar-refractivity contribution in [3.05, 3.63) is 60.3 Å². The number of hydrogen-bond donors (Lipinski definition) is 2. The number of methoxy groups -OCH3 is 1. The van der Waals surface area contributed by atoms with E-state index in [9.17, 15) is 9.59 Å². The van der Waals surface area contributed by atoms with Crippen LogP contribution in [0.5, 0.6) is 11.5 Å². The number of hydrogen-bond acceptors (Lipinski definition) is 5. The standard InChI is InChI=1S/C20H19N3O4/c1-26-16-8-7-15(11-17(16)27-12-18(21)24)23-19(25)10-14-5-2-4-13-6-3-9-22-20(13)14/h2-9,11H,10,12H2,1H3,(H2,21,24)(H,23,25). The molecule has 0 atom stereocenters. The van der Waals surface area contributed by atoms with Crippen molar-refractivity contribution in [1.82, 2.24) is 4.98 Å². The lowest BCUT2D eigenvalue weighted by Gasteiger charge is -2.12. The van der Waals surface area contributed by atoms with Crippen molar-refractivity contribution < 1.29 is 19.1 Å². The van der Waals surface area contributed by atoms with Crippen LogP contribution < -0.4 is 20.5 Å². The highest BCUT2D eigenvalue weighted by molar-refractivity contribution is 5.95. The summed E-state index contributed by atoms with van der Waals surface area (Å²) in [6, 6.07) is 14.5. The highest BCUT2D eigenvalue weighted by Crippen LogP contribution is 2.30. The second-order valence-corrected chi connectivity index (χ2v) is 5.84. The van der Waals surface area contributed by atoms with Gasteiger partial charge in [-0.1, -0.05) is 24.3 Å². The smallest absolute Gasteiger partial charge is 0.255 e. The number of para-hydroxylation sites is 1. The van der Waals surface area contributed by atoms with Crippen LogP contribution >= 0.6 is 0 Å². The van der Waals surface area contributed by atoms with Crippen molar-refractivity contribution in [3.8, 4) is 11.5 Å². The van der Waals surface area contributed by atoms with Gasteiger partial charge in [-0.2, -0.15) is 0 Å². The summed E-state index contributed by atoms with van der Waals surface area (Å²) in [5.74, 6) is -0.0393. The molecule has 0 saturated heterocycles. The molecule has 7 heteroatoms. The first-order valence-electron chi connectivity index (χ1n) is 8.28. The fourth-order valence-corrected chi connectivity index (χ4v) is 2.70. The molecule has 0 aliphatic heterocycles. The fourth-order valence-electron chi connectivity index (χ4n) is 2.70. The van der Waals surface area contributed by atoms with E-state index in [1.807, 2.05) is 30.3 Å². The average Bonchev–Trinajstić information content (AvgIpc) is 2.66. The molecule has 27 heavy (non-hydrogen) atoms. The number of nitrogens with two attached hydrogens (primary N) is 1. The molecule has 1 aromatic heterocycles. The van der Waals surface area contributed by atoms with E-state index in [1.54, 1.807) is 24.4 Å². The van der Waals surface area contributed by atoms with E-state index >= 15 is 0 Å². The van der Waals surface area contributed by atoms with Crippen molar-refractivity contribution in [2.45, 2.75) is 6.42 Å². The van der Waals surface area contributed by atoms with Gasteiger partial charge in [-0.3, -0.25) is 14.6 Å². The molecule has 0 saturated carbocycles. The molecule has 7 nitrogen and oxygen atoms in total. The lowest BCUT2D eigenvalue weighted by molar-refractivity contribution is -0.120. The molecule has 3 rings (SSSR count). The minimum absolute atomic E-state index is 0.178. The van der Waals surface area contributed by atoms with Crippen LogP contribution in [-0.4, -0.2) is 30.5 Å². The highest BCUT2D eigenvalue weighted by atomic mass is 16.5. The molecule has 2 amide bonds. The van der Waals surface area contributed by atoms with Crippen LogP contribution in [0.25, 0.3) is 10.9 Å².